The highest BCUT2D eigenvalue weighted by Crippen LogP contribution is 2.77. The van der Waals surface area contributed by atoms with Gasteiger partial charge in [-0.05, 0) is 41.5 Å². The molecule has 0 aliphatic carbocycles. The molecular formula is C8H20N2O2P2. The van der Waals surface area contributed by atoms with Gasteiger partial charge < -0.3 is 9.79 Å². The first kappa shape index (κ1) is 12.8. The fourth-order valence-corrected chi connectivity index (χ4v) is 5.40. The molecule has 0 amide bonds. The standard InChI is InChI=1S/C8H20N2O2P2/c1-7(2,3)9-13(11)10(14(9)12)8(4,5)6/h11-12H,1-6H3. The molecule has 6 heteroatoms. The van der Waals surface area contributed by atoms with Crippen molar-refractivity contribution in [3.8, 4) is 0 Å². The van der Waals surface area contributed by atoms with Crippen molar-refractivity contribution in [3.05, 3.63) is 0 Å². The second-order valence-corrected chi connectivity index (χ2v) is 8.76. The predicted molar refractivity (Wildman–Crippen MR) is 61.5 cm³/mol. The molecule has 1 aliphatic heterocycles. The van der Waals surface area contributed by atoms with Crippen LogP contribution in [0.15, 0.2) is 0 Å². The maximum absolute atomic E-state index is 9.98. The summed E-state index contributed by atoms with van der Waals surface area (Å²) in [5.41, 5.74) is -0.328. The Morgan fingerprint density at radius 2 is 0.929 bits per heavy atom. The van der Waals surface area contributed by atoms with Crippen molar-refractivity contribution in [2.75, 3.05) is 0 Å². The van der Waals surface area contributed by atoms with E-state index in [9.17, 15) is 9.79 Å². The van der Waals surface area contributed by atoms with Gasteiger partial charge in [-0.1, -0.05) is 0 Å². The van der Waals surface area contributed by atoms with Gasteiger partial charge in [-0.2, -0.15) is 8.88 Å². The minimum absolute atomic E-state index is 0.164. The maximum atomic E-state index is 9.98. The third-order valence-corrected chi connectivity index (χ3v) is 7.55. The average Bonchev–Trinajstić information content (AvgIpc) is 1.78. The van der Waals surface area contributed by atoms with Crippen molar-refractivity contribution >= 4 is 16.9 Å². The Morgan fingerprint density at radius 3 is 1.07 bits per heavy atom. The molecular weight excluding hydrogens is 218 g/mol. The van der Waals surface area contributed by atoms with E-state index in [0.29, 0.717) is 0 Å². The van der Waals surface area contributed by atoms with Crippen LogP contribution in [0, 0.1) is 0 Å². The third kappa shape index (κ3) is 2.11. The lowest BCUT2D eigenvalue weighted by atomic mass is 10.1. The zero-order chi connectivity index (χ0) is 11.3. The van der Waals surface area contributed by atoms with Crippen LogP contribution in [0.5, 0.6) is 0 Å². The molecule has 0 unspecified atom stereocenters. The summed E-state index contributed by atoms with van der Waals surface area (Å²) in [6, 6.07) is 0. The molecule has 14 heavy (non-hydrogen) atoms. The smallest absolute Gasteiger partial charge is 0.199 e. The number of hydrogen-bond donors (Lipinski definition) is 2. The van der Waals surface area contributed by atoms with Crippen molar-refractivity contribution in [3.63, 3.8) is 0 Å². The molecule has 0 spiro atoms. The second-order valence-electron chi connectivity index (χ2n) is 5.46. The van der Waals surface area contributed by atoms with Crippen LogP contribution in [0.2, 0.25) is 0 Å². The minimum Gasteiger partial charge on any atom is -0.347 e. The van der Waals surface area contributed by atoms with E-state index in [1.807, 2.05) is 50.4 Å². The highest BCUT2D eigenvalue weighted by Gasteiger charge is 2.55. The Bertz CT molecular complexity index is 192. The van der Waals surface area contributed by atoms with Gasteiger partial charge in [-0.3, -0.25) is 0 Å². The van der Waals surface area contributed by atoms with Crippen LogP contribution < -0.4 is 0 Å². The molecule has 1 saturated heterocycles. The molecule has 4 nitrogen and oxygen atoms in total. The summed E-state index contributed by atoms with van der Waals surface area (Å²) in [4.78, 5) is 20.0. The SMILES string of the molecule is CC(C)(C)N1P(O)N(C(C)(C)C)P1O. The fourth-order valence-electron chi connectivity index (χ4n) is 1.35. The monoisotopic (exact) mass is 238 g/mol. The third-order valence-electron chi connectivity index (χ3n) is 1.88. The molecule has 1 heterocycles. The summed E-state index contributed by atoms with van der Waals surface area (Å²) < 4.78 is 3.62. The lowest BCUT2D eigenvalue weighted by Crippen LogP contribution is -2.52. The number of rotatable bonds is 0. The molecule has 84 valence electrons. The lowest BCUT2D eigenvalue weighted by Gasteiger charge is -2.59. The first-order chi connectivity index (χ1) is 6.07. The number of nitrogens with zero attached hydrogens (tertiary/aromatic N) is 2. The van der Waals surface area contributed by atoms with Crippen LogP contribution in [0.4, 0.5) is 0 Å². The van der Waals surface area contributed by atoms with E-state index in [-0.39, 0.29) is 11.1 Å². The van der Waals surface area contributed by atoms with Gasteiger partial charge in [0.1, 0.15) is 0 Å². The van der Waals surface area contributed by atoms with Crippen LogP contribution >= 0.6 is 16.9 Å². The van der Waals surface area contributed by atoms with E-state index in [0.717, 1.165) is 0 Å². The van der Waals surface area contributed by atoms with Gasteiger partial charge in [-0.15, -0.1) is 0 Å². The molecule has 1 fully saturated rings. The Morgan fingerprint density at radius 1 is 0.714 bits per heavy atom. The molecule has 0 saturated carbocycles. The van der Waals surface area contributed by atoms with Gasteiger partial charge in [0.15, 0.2) is 16.9 Å². The average molecular weight is 238 g/mol. The van der Waals surface area contributed by atoms with Crippen molar-refractivity contribution in [2.45, 2.75) is 52.6 Å². The summed E-state index contributed by atoms with van der Waals surface area (Å²) in [6.07, 6.45) is 0. The minimum atomic E-state index is -1.31. The Hall–Kier alpha value is 0.700. The molecule has 2 N–H and O–H groups in total. The molecule has 0 bridgehead atoms. The van der Waals surface area contributed by atoms with Gasteiger partial charge in [0.2, 0.25) is 0 Å². The lowest BCUT2D eigenvalue weighted by molar-refractivity contribution is 0.219. The van der Waals surface area contributed by atoms with E-state index in [1.165, 1.54) is 0 Å². The van der Waals surface area contributed by atoms with Crippen molar-refractivity contribution in [2.24, 2.45) is 0 Å². The molecule has 0 radical (unpaired) electrons. The van der Waals surface area contributed by atoms with Crippen molar-refractivity contribution in [1.82, 2.24) is 8.88 Å². The van der Waals surface area contributed by atoms with Gasteiger partial charge >= 0.3 is 0 Å². The zero-order valence-corrected chi connectivity index (χ0v) is 11.5. The van der Waals surface area contributed by atoms with Crippen molar-refractivity contribution < 1.29 is 9.79 Å². The topological polar surface area (TPSA) is 46.9 Å². The summed E-state index contributed by atoms with van der Waals surface area (Å²) in [5, 5.41) is 0. The van der Waals surface area contributed by atoms with Gasteiger partial charge in [0.25, 0.3) is 0 Å². The molecule has 0 aromatic heterocycles. The summed E-state index contributed by atoms with van der Waals surface area (Å²) in [5.74, 6) is 0. The maximum Gasteiger partial charge on any atom is 0.199 e. The first-order valence-corrected chi connectivity index (χ1v) is 7.05. The van der Waals surface area contributed by atoms with Crippen LogP contribution in [-0.2, 0) is 0 Å². The predicted octanol–water partition coefficient (Wildman–Crippen LogP) is 2.64. The molecule has 1 aliphatic rings. The quantitative estimate of drug-likeness (QED) is 0.637. The van der Waals surface area contributed by atoms with Crippen molar-refractivity contribution in [1.29, 1.82) is 0 Å². The molecule has 1 rings (SSSR count). The zero-order valence-electron chi connectivity index (χ0n) is 9.68. The first-order valence-electron chi connectivity index (χ1n) is 4.65. The Balaban J connectivity index is 2.76. The van der Waals surface area contributed by atoms with E-state index in [4.69, 9.17) is 0 Å². The van der Waals surface area contributed by atoms with Gasteiger partial charge in [0, 0.05) is 11.1 Å². The summed E-state index contributed by atoms with van der Waals surface area (Å²) >= 11 is 0. The normalized spacial score (nSPS) is 31.7. The van der Waals surface area contributed by atoms with E-state index >= 15 is 0 Å². The van der Waals surface area contributed by atoms with Crippen LogP contribution in [0.3, 0.4) is 0 Å². The largest absolute Gasteiger partial charge is 0.347 e. The van der Waals surface area contributed by atoms with E-state index in [2.05, 4.69) is 0 Å². The molecule has 0 aromatic rings. The summed E-state index contributed by atoms with van der Waals surface area (Å²) in [6.45, 7) is 12.0. The molecule has 0 atom stereocenters. The fraction of sp³-hybridized carbons (Fsp3) is 1.00. The van der Waals surface area contributed by atoms with Gasteiger partial charge in [0.05, 0.1) is 0 Å². The molecule has 0 aromatic carbocycles. The Labute approximate surface area is 88.8 Å². The Kier molecular flexibility index (Phi) is 3.30. The highest BCUT2D eigenvalue weighted by atomic mass is 31.3. The number of hydrogen-bond acceptors (Lipinski definition) is 4. The van der Waals surface area contributed by atoms with Gasteiger partial charge in [-0.25, -0.2) is 0 Å². The van der Waals surface area contributed by atoms with Crippen LogP contribution in [0.25, 0.3) is 0 Å². The highest BCUT2D eigenvalue weighted by molar-refractivity contribution is 7.77. The van der Waals surface area contributed by atoms with Crippen LogP contribution in [0.1, 0.15) is 41.5 Å². The summed E-state index contributed by atoms with van der Waals surface area (Å²) in [7, 11) is -2.63. The van der Waals surface area contributed by atoms with E-state index < -0.39 is 16.9 Å². The van der Waals surface area contributed by atoms with Crippen LogP contribution in [-0.4, -0.2) is 29.7 Å². The van der Waals surface area contributed by atoms with E-state index in [1.54, 1.807) is 0 Å². The second kappa shape index (κ2) is 3.62.